The molecule has 0 radical (unpaired) electrons. The molecule has 2 rings (SSSR count). The van der Waals surface area contributed by atoms with Gasteiger partial charge < -0.3 is 15.4 Å². The van der Waals surface area contributed by atoms with E-state index < -0.39 is 0 Å². The van der Waals surface area contributed by atoms with Crippen LogP contribution in [0.4, 0.5) is 11.4 Å². The third-order valence-electron chi connectivity index (χ3n) is 4.14. The molecule has 104 valence electrons. The molecule has 2 unspecified atom stereocenters. The molecule has 1 aromatic carbocycles. The Morgan fingerprint density at radius 3 is 2.74 bits per heavy atom. The summed E-state index contributed by atoms with van der Waals surface area (Å²) in [5.41, 5.74) is 7.79. The molecule has 0 spiro atoms. The number of benzene rings is 1. The van der Waals surface area contributed by atoms with Gasteiger partial charge in [-0.25, -0.2) is 4.79 Å². The number of hydrogen-bond donors (Lipinski definition) is 1. The molecule has 19 heavy (non-hydrogen) atoms. The average molecular weight is 262 g/mol. The van der Waals surface area contributed by atoms with Gasteiger partial charge in [-0.05, 0) is 36.5 Å². The molecule has 0 bridgehead atoms. The maximum atomic E-state index is 11.7. The Labute approximate surface area is 114 Å². The molecular formula is C15H22N2O2. The number of nitrogens with zero attached hydrogens (tertiary/aromatic N) is 1. The number of anilines is 2. The van der Waals surface area contributed by atoms with Crippen molar-refractivity contribution in [3.8, 4) is 0 Å². The summed E-state index contributed by atoms with van der Waals surface area (Å²) in [5.74, 6) is 1.04. The van der Waals surface area contributed by atoms with Crippen LogP contribution in [0.5, 0.6) is 0 Å². The van der Waals surface area contributed by atoms with Crippen molar-refractivity contribution in [2.45, 2.75) is 20.3 Å². The standard InChI is InChI=1S/C15H22N2O2/c1-10-6-7-17(9-11(10)2)12-4-5-14(16)13(8-12)15(18)19-3/h4-5,8,10-11H,6-7,9,16H2,1-3H3. The van der Waals surface area contributed by atoms with Crippen LogP contribution in [0.25, 0.3) is 0 Å². The monoisotopic (exact) mass is 262 g/mol. The largest absolute Gasteiger partial charge is 0.465 e. The van der Waals surface area contributed by atoms with Crippen molar-refractivity contribution in [3.05, 3.63) is 23.8 Å². The Morgan fingerprint density at radius 1 is 1.37 bits per heavy atom. The number of hydrogen-bond acceptors (Lipinski definition) is 4. The number of rotatable bonds is 2. The highest BCUT2D eigenvalue weighted by Crippen LogP contribution is 2.29. The van der Waals surface area contributed by atoms with Crippen LogP contribution in [-0.4, -0.2) is 26.2 Å². The van der Waals surface area contributed by atoms with Gasteiger partial charge in [0.15, 0.2) is 0 Å². The minimum atomic E-state index is -0.377. The summed E-state index contributed by atoms with van der Waals surface area (Å²) in [6.07, 6.45) is 1.18. The van der Waals surface area contributed by atoms with Crippen molar-refractivity contribution < 1.29 is 9.53 Å². The molecule has 1 aliphatic rings. The smallest absolute Gasteiger partial charge is 0.340 e. The second-order valence-electron chi connectivity index (χ2n) is 5.45. The molecule has 1 fully saturated rings. The predicted octanol–water partition coefficient (Wildman–Crippen LogP) is 2.54. The lowest BCUT2D eigenvalue weighted by molar-refractivity contribution is 0.0602. The van der Waals surface area contributed by atoms with E-state index in [1.165, 1.54) is 13.5 Å². The molecule has 0 aromatic heterocycles. The van der Waals surface area contributed by atoms with Crippen LogP contribution >= 0.6 is 0 Å². The maximum Gasteiger partial charge on any atom is 0.340 e. The minimum absolute atomic E-state index is 0.377. The molecule has 1 aromatic rings. The van der Waals surface area contributed by atoms with E-state index in [0.29, 0.717) is 17.2 Å². The first-order chi connectivity index (χ1) is 9.02. The van der Waals surface area contributed by atoms with Crippen LogP contribution in [0, 0.1) is 11.8 Å². The Morgan fingerprint density at radius 2 is 2.11 bits per heavy atom. The summed E-state index contributed by atoms with van der Waals surface area (Å²) in [7, 11) is 1.37. The Kier molecular flexibility index (Phi) is 3.98. The van der Waals surface area contributed by atoms with E-state index in [1.807, 2.05) is 12.1 Å². The van der Waals surface area contributed by atoms with E-state index in [9.17, 15) is 4.79 Å². The number of carbonyl (C=O) groups excluding carboxylic acids is 1. The number of esters is 1. The highest BCUT2D eigenvalue weighted by Gasteiger charge is 2.23. The van der Waals surface area contributed by atoms with Gasteiger partial charge >= 0.3 is 5.97 Å². The van der Waals surface area contributed by atoms with Gasteiger partial charge in [0.05, 0.1) is 12.7 Å². The zero-order valence-electron chi connectivity index (χ0n) is 11.8. The Hall–Kier alpha value is -1.71. The molecule has 0 saturated carbocycles. The van der Waals surface area contributed by atoms with E-state index >= 15 is 0 Å². The van der Waals surface area contributed by atoms with E-state index in [4.69, 9.17) is 10.5 Å². The fraction of sp³-hybridized carbons (Fsp3) is 0.533. The fourth-order valence-corrected chi connectivity index (χ4v) is 2.53. The molecule has 2 atom stereocenters. The number of piperidine rings is 1. The first kappa shape index (κ1) is 13.7. The van der Waals surface area contributed by atoms with Crippen LogP contribution in [0.1, 0.15) is 30.6 Å². The van der Waals surface area contributed by atoms with E-state index in [1.54, 1.807) is 6.07 Å². The van der Waals surface area contributed by atoms with Crippen LogP contribution < -0.4 is 10.6 Å². The van der Waals surface area contributed by atoms with Crippen molar-refractivity contribution in [1.82, 2.24) is 0 Å². The zero-order chi connectivity index (χ0) is 14.0. The van der Waals surface area contributed by atoms with Crippen molar-refractivity contribution >= 4 is 17.3 Å². The third-order valence-corrected chi connectivity index (χ3v) is 4.14. The predicted molar refractivity (Wildman–Crippen MR) is 77.4 cm³/mol. The number of carbonyl (C=O) groups is 1. The summed E-state index contributed by atoms with van der Waals surface area (Å²) >= 11 is 0. The molecule has 4 nitrogen and oxygen atoms in total. The minimum Gasteiger partial charge on any atom is -0.465 e. The second kappa shape index (κ2) is 5.51. The maximum absolute atomic E-state index is 11.7. The molecular weight excluding hydrogens is 240 g/mol. The van der Waals surface area contributed by atoms with Gasteiger partial charge in [0, 0.05) is 24.5 Å². The SMILES string of the molecule is COC(=O)c1cc(N2CCC(C)C(C)C2)ccc1N. The van der Waals surface area contributed by atoms with Crippen molar-refractivity contribution in [1.29, 1.82) is 0 Å². The van der Waals surface area contributed by atoms with Gasteiger partial charge in [-0.2, -0.15) is 0 Å². The molecule has 0 amide bonds. The first-order valence-corrected chi connectivity index (χ1v) is 6.75. The summed E-state index contributed by atoms with van der Waals surface area (Å²) in [6.45, 7) is 6.61. The summed E-state index contributed by atoms with van der Waals surface area (Å²) in [5, 5.41) is 0. The number of ether oxygens (including phenoxy) is 1. The molecule has 1 saturated heterocycles. The molecule has 4 heteroatoms. The second-order valence-corrected chi connectivity index (χ2v) is 5.45. The first-order valence-electron chi connectivity index (χ1n) is 6.75. The normalized spacial score (nSPS) is 23.2. The lowest BCUT2D eigenvalue weighted by atomic mass is 9.88. The van der Waals surface area contributed by atoms with Crippen molar-refractivity contribution in [2.24, 2.45) is 11.8 Å². The van der Waals surface area contributed by atoms with Gasteiger partial charge in [0.25, 0.3) is 0 Å². The molecule has 1 aliphatic heterocycles. The molecule has 1 heterocycles. The molecule has 0 aliphatic carbocycles. The van der Waals surface area contributed by atoms with Crippen molar-refractivity contribution in [3.63, 3.8) is 0 Å². The van der Waals surface area contributed by atoms with Gasteiger partial charge in [0.2, 0.25) is 0 Å². The lowest BCUT2D eigenvalue weighted by Gasteiger charge is -2.37. The van der Waals surface area contributed by atoms with Gasteiger partial charge in [0.1, 0.15) is 0 Å². The van der Waals surface area contributed by atoms with Crippen molar-refractivity contribution in [2.75, 3.05) is 30.8 Å². The number of methoxy groups -OCH3 is 1. The van der Waals surface area contributed by atoms with Crippen LogP contribution in [0.3, 0.4) is 0 Å². The third kappa shape index (κ3) is 2.83. The summed E-state index contributed by atoms with van der Waals surface area (Å²) in [6, 6.07) is 5.60. The lowest BCUT2D eigenvalue weighted by Crippen LogP contribution is -2.38. The van der Waals surface area contributed by atoms with E-state index in [2.05, 4.69) is 18.7 Å². The van der Waals surface area contributed by atoms with Gasteiger partial charge in [-0.15, -0.1) is 0 Å². The Bertz CT molecular complexity index is 473. The van der Waals surface area contributed by atoms with E-state index in [-0.39, 0.29) is 5.97 Å². The molecule has 2 N–H and O–H groups in total. The number of nitrogen functional groups attached to an aromatic ring is 1. The average Bonchev–Trinajstić information content (AvgIpc) is 2.41. The highest BCUT2D eigenvalue weighted by molar-refractivity contribution is 5.96. The number of nitrogens with two attached hydrogens (primary N) is 1. The van der Waals surface area contributed by atoms with Gasteiger partial charge in [-0.3, -0.25) is 0 Å². The van der Waals surface area contributed by atoms with E-state index in [0.717, 1.165) is 24.7 Å². The highest BCUT2D eigenvalue weighted by atomic mass is 16.5. The summed E-state index contributed by atoms with van der Waals surface area (Å²) < 4.78 is 4.76. The quantitative estimate of drug-likeness (QED) is 0.657. The van der Waals surface area contributed by atoms with Crippen LogP contribution in [0.2, 0.25) is 0 Å². The topological polar surface area (TPSA) is 55.6 Å². The fourth-order valence-electron chi connectivity index (χ4n) is 2.53. The Balaban J connectivity index is 2.24. The van der Waals surface area contributed by atoms with Crippen LogP contribution in [0.15, 0.2) is 18.2 Å². The van der Waals surface area contributed by atoms with Crippen LogP contribution in [-0.2, 0) is 4.74 Å². The zero-order valence-corrected chi connectivity index (χ0v) is 11.8. The summed E-state index contributed by atoms with van der Waals surface area (Å²) in [4.78, 5) is 14.0. The van der Waals surface area contributed by atoms with Gasteiger partial charge in [-0.1, -0.05) is 13.8 Å².